The Hall–Kier alpha value is -0.650. The summed E-state index contributed by atoms with van der Waals surface area (Å²) in [5.74, 6) is 0.664. The topological polar surface area (TPSA) is 59.2 Å². The highest BCUT2D eigenvalue weighted by molar-refractivity contribution is 7.09. The lowest BCUT2D eigenvalue weighted by Crippen LogP contribution is -2.40. The second-order valence-corrected chi connectivity index (χ2v) is 6.45. The number of amides is 1. The van der Waals surface area contributed by atoms with Crippen LogP contribution in [0.4, 0.5) is 0 Å². The number of thiazole rings is 1. The van der Waals surface area contributed by atoms with Crippen LogP contribution >= 0.6 is 23.7 Å². The van der Waals surface area contributed by atoms with Crippen molar-refractivity contribution in [3.05, 3.63) is 16.1 Å². The molecule has 0 saturated carbocycles. The Labute approximate surface area is 131 Å². The lowest BCUT2D eigenvalue weighted by atomic mass is 10.1. The van der Waals surface area contributed by atoms with Gasteiger partial charge in [-0.15, -0.1) is 23.7 Å². The third-order valence-corrected chi connectivity index (χ3v) is 4.66. The Balaban J connectivity index is 0.00000200. The van der Waals surface area contributed by atoms with Gasteiger partial charge in [-0.3, -0.25) is 4.79 Å². The van der Waals surface area contributed by atoms with E-state index in [4.69, 9.17) is 5.73 Å². The number of nitrogens with zero attached hydrogens (tertiary/aromatic N) is 2. The summed E-state index contributed by atoms with van der Waals surface area (Å²) in [5.41, 5.74) is 6.11. The van der Waals surface area contributed by atoms with E-state index in [9.17, 15) is 4.79 Å². The van der Waals surface area contributed by atoms with Gasteiger partial charge in [0.15, 0.2) is 0 Å². The number of aromatic nitrogens is 1. The first-order valence-corrected chi connectivity index (χ1v) is 7.95. The van der Waals surface area contributed by atoms with Crippen LogP contribution in [0.2, 0.25) is 0 Å². The maximum atomic E-state index is 12.6. The average Bonchev–Trinajstić information content (AvgIpc) is 2.77. The van der Waals surface area contributed by atoms with Crippen LogP contribution < -0.4 is 5.73 Å². The SMILES string of the molecule is CC1CCCC(C)N(C(=O)c2csc(CCN)n2)C1.Cl. The van der Waals surface area contributed by atoms with Crippen LogP contribution in [0.15, 0.2) is 5.38 Å². The Bertz CT molecular complexity index is 438. The molecule has 0 bridgehead atoms. The zero-order chi connectivity index (χ0) is 13.8. The molecule has 0 spiro atoms. The molecular formula is C14H24ClN3OS. The molecule has 1 aromatic heterocycles. The van der Waals surface area contributed by atoms with Gasteiger partial charge in [0.25, 0.3) is 5.91 Å². The minimum Gasteiger partial charge on any atom is -0.334 e. The number of rotatable bonds is 3. The third kappa shape index (κ3) is 4.17. The normalized spacial score (nSPS) is 23.1. The molecule has 1 fully saturated rings. The zero-order valence-corrected chi connectivity index (χ0v) is 13.8. The molecule has 1 saturated heterocycles. The molecule has 2 N–H and O–H groups in total. The number of carbonyl (C=O) groups excluding carboxylic acids is 1. The molecule has 114 valence electrons. The summed E-state index contributed by atoms with van der Waals surface area (Å²) < 4.78 is 0. The van der Waals surface area contributed by atoms with Crippen molar-refractivity contribution in [2.24, 2.45) is 11.7 Å². The van der Waals surface area contributed by atoms with Gasteiger partial charge in [-0.25, -0.2) is 4.98 Å². The predicted molar refractivity (Wildman–Crippen MR) is 85.6 cm³/mol. The lowest BCUT2D eigenvalue weighted by molar-refractivity contribution is 0.0672. The van der Waals surface area contributed by atoms with E-state index in [1.54, 1.807) is 0 Å². The predicted octanol–water partition coefficient (Wildman–Crippen LogP) is 2.72. The average molecular weight is 318 g/mol. The maximum absolute atomic E-state index is 12.6. The van der Waals surface area contributed by atoms with Crippen LogP contribution in [-0.4, -0.2) is 34.9 Å². The lowest BCUT2D eigenvalue weighted by Gasteiger charge is -2.28. The van der Waals surface area contributed by atoms with Gasteiger partial charge in [0.2, 0.25) is 0 Å². The first kappa shape index (κ1) is 17.4. The first-order chi connectivity index (χ1) is 9.11. The molecule has 1 aromatic rings. The van der Waals surface area contributed by atoms with Gasteiger partial charge in [0.1, 0.15) is 5.69 Å². The van der Waals surface area contributed by atoms with Gasteiger partial charge < -0.3 is 10.6 Å². The number of likely N-dealkylation sites (tertiary alicyclic amines) is 1. The molecule has 4 nitrogen and oxygen atoms in total. The fraction of sp³-hybridized carbons (Fsp3) is 0.714. The van der Waals surface area contributed by atoms with E-state index < -0.39 is 0 Å². The van der Waals surface area contributed by atoms with Gasteiger partial charge in [-0.1, -0.05) is 13.3 Å². The van der Waals surface area contributed by atoms with Crippen LogP contribution in [0.25, 0.3) is 0 Å². The molecule has 1 aliphatic rings. The molecule has 0 aliphatic carbocycles. The maximum Gasteiger partial charge on any atom is 0.273 e. The monoisotopic (exact) mass is 317 g/mol. The van der Waals surface area contributed by atoms with E-state index in [1.165, 1.54) is 24.2 Å². The second-order valence-electron chi connectivity index (χ2n) is 5.51. The minimum atomic E-state index is 0. The summed E-state index contributed by atoms with van der Waals surface area (Å²) in [4.78, 5) is 19.0. The van der Waals surface area contributed by atoms with Gasteiger partial charge in [0.05, 0.1) is 5.01 Å². The van der Waals surface area contributed by atoms with Gasteiger partial charge in [-0.2, -0.15) is 0 Å². The van der Waals surface area contributed by atoms with Crippen molar-refractivity contribution in [1.29, 1.82) is 0 Å². The van der Waals surface area contributed by atoms with Crippen LogP contribution in [-0.2, 0) is 6.42 Å². The highest BCUT2D eigenvalue weighted by atomic mass is 35.5. The summed E-state index contributed by atoms with van der Waals surface area (Å²) in [7, 11) is 0. The highest BCUT2D eigenvalue weighted by Crippen LogP contribution is 2.23. The molecule has 1 aliphatic heterocycles. The smallest absolute Gasteiger partial charge is 0.273 e. The van der Waals surface area contributed by atoms with Crippen molar-refractivity contribution in [2.45, 2.75) is 45.6 Å². The Morgan fingerprint density at radius 3 is 2.95 bits per heavy atom. The molecular weight excluding hydrogens is 294 g/mol. The molecule has 2 atom stereocenters. The molecule has 1 amide bonds. The third-order valence-electron chi connectivity index (χ3n) is 3.75. The molecule has 2 unspecified atom stereocenters. The van der Waals surface area contributed by atoms with Crippen LogP contribution in [0, 0.1) is 5.92 Å². The molecule has 0 radical (unpaired) electrons. The summed E-state index contributed by atoms with van der Waals surface area (Å²) in [6, 6.07) is 0.317. The minimum absolute atomic E-state index is 0. The van der Waals surface area contributed by atoms with Crippen LogP contribution in [0.5, 0.6) is 0 Å². The molecule has 2 rings (SSSR count). The largest absolute Gasteiger partial charge is 0.334 e. The number of nitrogens with two attached hydrogens (primary N) is 1. The number of carbonyl (C=O) groups is 1. The van der Waals surface area contributed by atoms with Crippen LogP contribution in [0.3, 0.4) is 0 Å². The quantitative estimate of drug-likeness (QED) is 0.932. The van der Waals surface area contributed by atoms with E-state index in [0.29, 0.717) is 24.2 Å². The van der Waals surface area contributed by atoms with Crippen molar-refractivity contribution in [2.75, 3.05) is 13.1 Å². The molecule has 20 heavy (non-hydrogen) atoms. The van der Waals surface area contributed by atoms with E-state index >= 15 is 0 Å². The van der Waals surface area contributed by atoms with E-state index in [0.717, 1.165) is 24.4 Å². The molecule has 6 heteroatoms. The fourth-order valence-corrected chi connectivity index (χ4v) is 3.39. The van der Waals surface area contributed by atoms with Crippen LogP contribution in [0.1, 0.15) is 48.6 Å². The Morgan fingerprint density at radius 1 is 1.50 bits per heavy atom. The fourth-order valence-electron chi connectivity index (χ4n) is 2.60. The summed E-state index contributed by atoms with van der Waals surface area (Å²) >= 11 is 1.54. The van der Waals surface area contributed by atoms with Crippen molar-refractivity contribution in [3.63, 3.8) is 0 Å². The summed E-state index contributed by atoms with van der Waals surface area (Å²) in [6.07, 6.45) is 4.27. The number of halogens is 1. The summed E-state index contributed by atoms with van der Waals surface area (Å²) in [6.45, 7) is 5.80. The number of hydrogen-bond donors (Lipinski definition) is 1. The Kier molecular flexibility index (Phi) is 6.92. The second kappa shape index (κ2) is 7.96. The molecule has 0 aromatic carbocycles. The first-order valence-electron chi connectivity index (χ1n) is 7.07. The van der Waals surface area contributed by atoms with E-state index in [2.05, 4.69) is 18.8 Å². The van der Waals surface area contributed by atoms with Crippen molar-refractivity contribution >= 4 is 29.7 Å². The van der Waals surface area contributed by atoms with Crippen molar-refractivity contribution < 1.29 is 4.79 Å². The molecule has 2 heterocycles. The van der Waals surface area contributed by atoms with E-state index in [-0.39, 0.29) is 18.3 Å². The van der Waals surface area contributed by atoms with E-state index in [1.807, 2.05) is 10.3 Å². The van der Waals surface area contributed by atoms with Crippen molar-refractivity contribution in [1.82, 2.24) is 9.88 Å². The zero-order valence-electron chi connectivity index (χ0n) is 12.2. The van der Waals surface area contributed by atoms with Gasteiger partial charge in [0, 0.05) is 24.4 Å². The summed E-state index contributed by atoms with van der Waals surface area (Å²) in [5, 5.41) is 2.83. The Morgan fingerprint density at radius 2 is 2.25 bits per heavy atom. The number of hydrogen-bond acceptors (Lipinski definition) is 4. The standard InChI is InChI=1S/C14H23N3OS.ClH/c1-10-4-3-5-11(2)17(8-10)14(18)12-9-19-13(16-12)6-7-15;/h9-11H,3-8,15H2,1-2H3;1H. The van der Waals surface area contributed by atoms with Gasteiger partial charge >= 0.3 is 0 Å². The van der Waals surface area contributed by atoms with Gasteiger partial charge in [-0.05, 0) is 32.2 Å². The van der Waals surface area contributed by atoms with Crippen molar-refractivity contribution in [3.8, 4) is 0 Å². The highest BCUT2D eigenvalue weighted by Gasteiger charge is 2.27.